The molecular weight excluding hydrogens is 231 g/mol. The third-order valence-corrected chi connectivity index (χ3v) is 4.96. The van der Waals surface area contributed by atoms with E-state index in [-0.39, 0.29) is 11.5 Å². The predicted octanol–water partition coefficient (Wildman–Crippen LogP) is 1.30. The minimum absolute atomic E-state index is 0.0752. The molecule has 0 unspecified atom stereocenters. The SMILES string of the molecule is O=S(=O)(c1ccc(CCO)cc1F)C1CC1. The Hall–Kier alpha value is -0.940. The van der Waals surface area contributed by atoms with Crippen molar-refractivity contribution in [2.45, 2.75) is 29.4 Å². The zero-order valence-corrected chi connectivity index (χ0v) is 9.50. The Morgan fingerprint density at radius 1 is 1.38 bits per heavy atom. The van der Waals surface area contributed by atoms with Gasteiger partial charge in [-0.1, -0.05) is 6.07 Å². The second-order valence-electron chi connectivity index (χ2n) is 3.98. The standard InChI is InChI=1S/C11H13FO3S/c12-10-7-8(5-6-13)1-4-11(10)16(14,15)9-2-3-9/h1,4,7,9,13H,2-3,5-6H2. The van der Waals surface area contributed by atoms with Crippen LogP contribution < -0.4 is 0 Å². The lowest BCUT2D eigenvalue weighted by molar-refractivity contribution is 0.299. The number of rotatable bonds is 4. The Balaban J connectivity index is 2.36. The number of sulfone groups is 1. The molecule has 5 heteroatoms. The molecule has 88 valence electrons. The topological polar surface area (TPSA) is 54.4 Å². The van der Waals surface area contributed by atoms with Crippen LogP contribution in [-0.2, 0) is 16.3 Å². The van der Waals surface area contributed by atoms with E-state index in [4.69, 9.17) is 5.11 Å². The fourth-order valence-corrected chi connectivity index (χ4v) is 3.32. The van der Waals surface area contributed by atoms with Gasteiger partial charge in [0.1, 0.15) is 10.7 Å². The highest BCUT2D eigenvalue weighted by molar-refractivity contribution is 7.92. The summed E-state index contributed by atoms with van der Waals surface area (Å²) in [5.74, 6) is -0.710. The fraction of sp³-hybridized carbons (Fsp3) is 0.455. The third kappa shape index (κ3) is 2.10. The van der Waals surface area contributed by atoms with Gasteiger partial charge in [-0.2, -0.15) is 0 Å². The number of aliphatic hydroxyl groups excluding tert-OH is 1. The van der Waals surface area contributed by atoms with Gasteiger partial charge in [-0.3, -0.25) is 0 Å². The minimum atomic E-state index is -3.47. The molecule has 1 saturated carbocycles. The summed E-state index contributed by atoms with van der Waals surface area (Å²) >= 11 is 0. The largest absolute Gasteiger partial charge is 0.396 e. The molecule has 2 rings (SSSR count). The molecule has 0 aliphatic heterocycles. The van der Waals surface area contributed by atoms with Crippen LogP contribution in [0.3, 0.4) is 0 Å². The molecule has 16 heavy (non-hydrogen) atoms. The highest BCUT2D eigenvalue weighted by Crippen LogP contribution is 2.34. The summed E-state index contributed by atoms with van der Waals surface area (Å²) in [6.07, 6.45) is 1.58. The Morgan fingerprint density at radius 2 is 2.06 bits per heavy atom. The number of hydrogen-bond acceptors (Lipinski definition) is 3. The number of halogens is 1. The maximum absolute atomic E-state index is 13.6. The number of aliphatic hydroxyl groups is 1. The van der Waals surface area contributed by atoms with Crippen LogP contribution in [0.1, 0.15) is 18.4 Å². The lowest BCUT2D eigenvalue weighted by atomic mass is 10.1. The van der Waals surface area contributed by atoms with Gasteiger partial charge in [0.25, 0.3) is 0 Å². The van der Waals surface area contributed by atoms with E-state index < -0.39 is 20.9 Å². The highest BCUT2D eigenvalue weighted by atomic mass is 32.2. The minimum Gasteiger partial charge on any atom is -0.396 e. The smallest absolute Gasteiger partial charge is 0.184 e. The molecule has 0 atom stereocenters. The van der Waals surface area contributed by atoms with Crippen LogP contribution in [0.15, 0.2) is 23.1 Å². The van der Waals surface area contributed by atoms with Crippen LogP contribution in [0.5, 0.6) is 0 Å². The molecule has 0 amide bonds. The van der Waals surface area contributed by atoms with Crippen LogP contribution in [-0.4, -0.2) is 25.4 Å². The van der Waals surface area contributed by atoms with Gasteiger partial charge < -0.3 is 5.11 Å². The molecule has 1 fully saturated rings. The van der Waals surface area contributed by atoms with E-state index in [1.807, 2.05) is 0 Å². The van der Waals surface area contributed by atoms with Gasteiger partial charge in [-0.05, 0) is 37.0 Å². The summed E-state index contributed by atoms with van der Waals surface area (Å²) < 4.78 is 37.2. The van der Waals surface area contributed by atoms with E-state index in [0.717, 1.165) is 0 Å². The van der Waals surface area contributed by atoms with Gasteiger partial charge in [-0.15, -0.1) is 0 Å². The average Bonchev–Trinajstić information content (AvgIpc) is 3.00. The molecule has 0 bridgehead atoms. The van der Waals surface area contributed by atoms with E-state index in [0.29, 0.717) is 24.8 Å². The molecule has 1 aliphatic rings. The van der Waals surface area contributed by atoms with E-state index in [9.17, 15) is 12.8 Å². The van der Waals surface area contributed by atoms with E-state index >= 15 is 0 Å². The second kappa shape index (κ2) is 4.14. The van der Waals surface area contributed by atoms with E-state index in [1.165, 1.54) is 12.1 Å². The van der Waals surface area contributed by atoms with Crippen molar-refractivity contribution in [3.05, 3.63) is 29.6 Å². The van der Waals surface area contributed by atoms with Gasteiger partial charge in [0.2, 0.25) is 0 Å². The molecule has 1 aromatic rings. The van der Waals surface area contributed by atoms with Crippen molar-refractivity contribution >= 4 is 9.84 Å². The summed E-state index contributed by atoms with van der Waals surface area (Å²) in [6.45, 7) is -0.0752. The Labute approximate surface area is 93.8 Å². The van der Waals surface area contributed by atoms with Crippen molar-refractivity contribution < 1.29 is 17.9 Å². The van der Waals surface area contributed by atoms with Gasteiger partial charge in [0, 0.05) is 6.61 Å². The normalized spacial score (nSPS) is 16.4. The fourth-order valence-electron chi connectivity index (χ4n) is 1.62. The molecule has 0 heterocycles. The van der Waals surface area contributed by atoms with Crippen molar-refractivity contribution in [1.82, 2.24) is 0 Å². The zero-order valence-electron chi connectivity index (χ0n) is 8.69. The van der Waals surface area contributed by atoms with Crippen molar-refractivity contribution in [3.8, 4) is 0 Å². The zero-order chi connectivity index (χ0) is 11.8. The molecule has 0 saturated heterocycles. The van der Waals surface area contributed by atoms with Crippen molar-refractivity contribution in [2.75, 3.05) is 6.61 Å². The van der Waals surface area contributed by atoms with Crippen LogP contribution in [0.2, 0.25) is 0 Å². The van der Waals surface area contributed by atoms with Crippen LogP contribution in [0, 0.1) is 5.82 Å². The summed E-state index contributed by atoms with van der Waals surface area (Å²) in [5.41, 5.74) is 0.606. The molecular formula is C11H13FO3S. The highest BCUT2D eigenvalue weighted by Gasteiger charge is 2.38. The second-order valence-corrected chi connectivity index (χ2v) is 6.18. The molecule has 0 spiro atoms. The molecule has 1 aromatic carbocycles. The maximum atomic E-state index is 13.6. The molecule has 3 nitrogen and oxygen atoms in total. The first-order valence-corrected chi connectivity index (χ1v) is 6.73. The van der Waals surface area contributed by atoms with Gasteiger partial charge >= 0.3 is 0 Å². The van der Waals surface area contributed by atoms with Gasteiger partial charge in [0.05, 0.1) is 5.25 Å². The van der Waals surface area contributed by atoms with Gasteiger partial charge in [0.15, 0.2) is 9.84 Å². The first kappa shape index (κ1) is 11.5. The molecule has 1 N–H and O–H groups in total. The Morgan fingerprint density at radius 3 is 2.56 bits per heavy atom. The first-order chi connectivity index (χ1) is 7.55. The van der Waals surface area contributed by atoms with Crippen LogP contribution in [0.4, 0.5) is 4.39 Å². The summed E-state index contributed by atoms with van der Waals surface area (Å²) in [4.78, 5) is -0.211. The summed E-state index contributed by atoms with van der Waals surface area (Å²) in [7, 11) is -3.47. The first-order valence-electron chi connectivity index (χ1n) is 5.19. The lowest BCUT2D eigenvalue weighted by Gasteiger charge is -2.06. The van der Waals surface area contributed by atoms with E-state index in [2.05, 4.69) is 0 Å². The van der Waals surface area contributed by atoms with E-state index in [1.54, 1.807) is 6.07 Å². The quantitative estimate of drug-likeness (QED) is 0.868. The van der Waals surface area contributed by atoms with Crippen LogP contribution >= 0.6 is 0 Å². The molecule has 1 aliphatic carbocycles. The number of hydrogen-bond donors (Lipinski definition) is 1. The molecule has 0 aromatic heterocycles. The Bertz CT molecular complexity index is 492. The average molecular weight is 244 g/mol. The van der Waals surface area contributed by atoms with Crippen molar-refractivity contribution in [2.24, 2.45) is 0 Å². The lowest BCUT2D eigenvalue weighted by Crippen LogP contribution is -2.09. The van der Waals surface area contributed by atoms with Crippen molar-refractivity contribution in [1.29, 1.82) is 0 Å². The summed E-state index contributed by atoms with van der Waals surface area (Å²) in [5, 5.41) is 8.30. The van der Waals surface area contributed by atoms with Crippen LogP contribution in [0.25, 0.3) is 0 Å². The Kier molecular flexibility index (Phi) is 2.99. The monoisotopic (exact) mass is 244 g/mol. The maximum Gasteiger partial charge on any atom is 0.184 e. The summed E-state index contributed by atoms with van der Waals surface area (Å²) in [6, 6.07) is 4.04. The molecule has 0 radical (unpaired) electrons. The predicted molar refractivity (Wildman–Crippen MR) is 57.4 cm³/mol. The third-order valence-electron chi connectivity index (χ3n) is 2.67. The van der Waals surface area contributed by atoms with Gasteiger partial charge in [-0.25, -0.2) is 12.8 Å². The number of benzene rings is 1. The van der Waals surface area contributed by atoms with Crippen molar-refractivity contribution in [3.63, 3.8) is 0 Å².